The molecule has 6 heteroatoms. The first-order chi connectivity index (χ1) is 9.47. The van der Waals surface area contributed by atoms with Crippen LogP contribution >= 0.6 is 0 Å². The molecule has 0 fully saturated rings. The minimum absolute atomic E-state index is 0.00926. The van der Waals surface area contributed by atoms with E-state index in [-0.39, 0.29) is 17.2 Å². The van der Waals surface area contributed by atoms with E-state index in [1.54, 1.807) is 0 Å². The molecule has 0 spiro atoms. The SMILES string of the molecule is CC(O)c1ccc(Oc2cccc(F)c2)c([N+](=O)[O-])c1. The second-order valence-corrected chi connectivity index (χ2v) is 4.22. The van der Waals surface area contributed by atoms with Gasteiger partial charge in [0.2, 0.25) is 5.75 Å². The van der Waals surface area contributed by atoms with Crippen molar-refractivity contribution in [2.45, 2.75) is 13.0 Å². The van der Waals surface area contributed by atoms with E-state index < -0.39 is 16.8 Å². The Balaban J connectivity index is 2.38. The lowest BCUT2D eigenvalue weighted by molar-refractivity contribution is -0.385. The fourth-order valence-corrected chi connectivity index (χ4v) is 1.68. The highest BCUT2D eigenvalue weighted by molar-refractivity contribution is 5.51. The Hall–Kier alpha value is -2.47. The van der Waals surface area contributed by atoms with Crippen LogP contribution in [-0.2, 0) is 0 Å². The van der Waals surface area contributed by atoms with Crippen LogP contribution in [0.3, 0.4) is 0 Å². The molecule has 0 aromatic heterocycles. The van der Waals surface area contributed by atoms with Crippen LogP contribution in [0.25, 0.3) is 0 Å². The van der Waals surface area contributed by atoms with E-state index in [0.29, 0.717) is 5.56 Å². The molecule has 0 bridgehead atoms. The molecule has 5 nitrogen and oxygen atoms in total. The molecule has 1 unspecified atom stereocenters. The van der Waals surface area contributed by atoms with Crippen LogP contribution in [0.2, 0.25) is 0 Å². The fraction of sp³-hybridized carbons (Fsp3) is 0.143. The Morgan fingerprint density at radius 1 is 1.30 bits per heavy atom. The van der Waals surface area contributed by atoms with Gasteiger partial charge in [0.05, 0.1) is 11.0 Å². The molecular formula is C14H12FNO4. The van der Waals surface area contributed by atoms with Crippen LogP contribution < -0.4 is 4.74 Å². The van der Waals surface area contributed by atoms with Gasteiger partial charge in [0.15, 0.2) is 0 Å². The Labute approximate surface area is 114 Å². The van der Waals surface area contributed by atoms with Gasteiger partial charge < -0.3 is 9.84 Å². The minimum Gasteiger partial charge on any atom is -0.450 e. The van der Waals surface area contributed by atoms with Crippen molar-refractivity contribution in [1.29, 1.82) is 0 Å². The normalized spacial score (nSPS) is 11.9. The predicted octanol–water partition coefficient (Wildman–Crippen LogP) is 3.58. The number of rotatable bonds is 4. The van der Waals surface area contributed by atoms with Crippen molar-refractivity contribution in [3.05, 3.63) is 64.0 Å². The third-order valence-electron chi connectivity index (χ3n) is 2.69. The fourth-order valence-electron chi connectivity index (χ4n) is 1.68. The molecule has 0 saturated heterocycles. The molecular weight excluding hydrogens is 265 g/mol. The molecule has 1 N–H and O–H groups in total. The number of nitro benzene ring substituents is 1. The van der Waals surface area contributed by atoms with E-state index >= 15 is 0 Å². The van der Waals surface area contributed by atoms with E-state index in [9.17, 15) is 19.6 Å². The standard InChI is InChI=1S/C14H12FNO4/c1-9(17)10-5-6-14(13(7-10)16(18)19)20-12-4-2-3-11(15)8-12/h2-9,17H,1H3. The maximum absolute atomic E-state index is 13.1. The molecule has 104 valence electrons. The number of benzene rings is 2. The number of nitro groups is 1. The van der Waals surface area contributed by atoms with Crippen molar-refractivity contribution >= 4 is 5.69 Å². The van der Waals surface area contributed by atoms with Gasteiger partial charge in [-0.15, -0.1) is 0 Å². The highest BCUT2D eigenvalue weighted by atomic mass is 19.1. The molecule has 1 atom stereocenters. The maximum Gasteiger partial charge on any atom is 0.311 e. The summed E-state index contributed by atoms with van der Waals surface area (Å²) in [6.45, 7) is 1.51. The second kappa shape index (κ2) is 5.66. The smallest absolute Gasteiger partial charge is 0.311 e. The average molecular weight is 277 g/mol. The minimum atomic E-state index is -0.822. The van der Waals surface area contributed by atoms with Gasteiger partial charge in [0, 0.05) is 12.1 Å². The van der Waals surface area contributed by atoms with Gasteiger partial charge in [0.1, 0.15) is 11.6 Å². The van der Waals surface area contributed by atoms with Crippen LogP contribution in [0.5, 0.6) is 11.5 Å². The topological polar surface area (TPSA) is 72.6 Å². The average Bonchev–Trinajstić information content (AvgIpc) is 2.38. The zero-order valence-electron chi connectivity index (χ0n) is 10.6. The van der Waals surface area contributed by atoms with Gasteiger partial charge in [-0.1, -0.05) is 12.1 Å². The number of aliphatic hydroxyl groups is 1. The summed E-state index contributed by atoms with van der Waals surface area (Å²) in [5, 5.41) is 20.5. The number of hydrogen-bond donors (Lipinski definition) is 1. The first-order valence-corrected chi connectivity index (χ1v) is 5.87. The van der Waals surface area contributed by atoms with Gasteiger partial charge in [-0.3, -0.25) is 10.1 Å². The van der Waals surface area contributed by atoms with Crippen LogP contribution in [0.15, 0.2) is 42.5 Å². The van der Waals surface area contributed by atoms with Gasteiger partial charge in [0.25, 0.3) is 0 Å². The third kappa shape index (κ3) is 3.10. The van der Waals surface area contributed by atoms with E-state index in [1.807, 2.05) is 0 Å². The molecule has 0 aliphatic rings. The van der Waals surface area contributed by atoms with Crippen LogP contribution in [0, 0.1) is 15.9 Å². The van der Waals surface area contributed by atoms with E-state index in [1.165, 1.54) is 43.3 Å². The summed E-state index contributed by atoms with van der Waals surface area (Å²) < 4.78 is 18.4. The van der Waals surface area contributed by atoms with Crippen LogP contribution in [0.4, 0.5) is 10.1 Å². The molecule has 2 aromatic rings. The molecule has 0 aliphatic carbocycles. The Kier molecular flexibility index (Phi) is 3.95. The van der Waals surface area contributed by atoms with Crippen molar-refractivity contribution in [3.8, 4) is 11.5 Å². The molecule has 2 aromatic carbocycles. The first-order valence-electron chi connectivity index (χ1n) is 5.87. The Morgan fingerprint density at radius 2 is 2.05 bits per heavy atom. The number of halogens is 1. The van der Waals surface area contributed by atoms with E-state index in [0.717, 1.165) is 6.07 Å². The van der Waals surface area contributed by atoms with Gasteiger partial charge in [-0.25, -0.2) is 4.39 Å². The molecule has 0 saturated carbocycles. The highest BCUT2D eigenvalue weighted by Gasteiger charge is 2.18. The third-order valence-corrected chi connectivity index (χ3v) is 2.69. The van der Waals surface area contributed by atoms with Crippen molar-refractivity contribution in [1.82, 2.24) is 0 Å². The number of nitrogens with zero attached hydrogens (tertiary/aromatic N) is 1. The zero-order valence-corrected chi connectivity index (χ0v) is 10.6. The largest absolute Gasteiger partial charge is 0.450 e. The summed E-state index contributed by atoms with van der Waals surface area (Å²) >= 11 is 0. The lowest BCUT2D eigenvalue weighted by Gasteiger charge is -2.09. The Morgan fingerprint density at radius 3 is 2.65 bits per heavy atom. The molecule has 0 heterocycles. The van der Waals surface area contributed by atoms with Gasteiger partial charge in [-0.05, 0) is 30.7 Å². The van der Waals surface area contributed by atoms with Crippen LogP contribution in [-0.4, -0.2) is 10.0 Å². The van der Waals surface area contributed by atoms with Crippen molar-refractivity contribution in [3.63, 3.8) is 0 Å². The molecule has 0 radical (unpaired) electrons. The lowest BCUT2D eigenvalue weighted by atomic mass is 10.1. The monoisotopic (exact) mass is 277 g/mol. The van der Waals surface area contributed by atoms with Crippen molar-refractivity contribution < 1.29 is 19.2 Å². The molecule has 0 amide bonds. The van der Waals surface area contributed by atoms with Crippen molar-refractivity contribution in [2.75, 3.05) is 0 Å². The van der Waals surface area contributed by atoms with Gasteiger partial charge in [-0.2, -0.15) is 0 Å². The number of aliphatic hydroxyl groups excluding tert-OH is 1. The van der Waals surface area contributed by atoms with Gasteiger partial charge >= 0.3 is 5.69 Å². The quantitative estimate of drug-likeness (QED) is 0.684. The predicted molar refractivity (Wildman–Crippen MR) is 70.2 cm³/mol. The second-order valence-electron chi connectivity index (χ2n) is 4.22. The summed E-state index contributed by atoms with van der Waals surface area (Å²) in [7, 11) is 0. The summed E-state index contributed by atoms with van der Waals surface area (Å²) in [5.74, 6) is -0.339. The number of ether oxygens (including phenoxy) is 1. The van der Waals surface area contributed by atoms with E-state index in [2.05, 4.69) is 0 Å². The summed E-state index contributed by atoms with van der Waals surface area (Å²) in [4.78, 5) is 10.4. The zero-order chi connectivity index (χ0) is 14.7. The number of hydrogen-bond acceptors (Lipinski definition) is 4. The first kappa shape index (κ1) is 14.0. The maximum atomic E-state index is 13.1. The molecule has 20 heavy (non-hydrogen) atoms. The molecule has 0 aliphatic heterocycles. The molecule has 2 rings (SSSR count). The highest BCUT2D eigenvalue weighted by Crippen LogP contribution is 2.33. The van der Waals surface area contributed by atoms with Crippen LogP contribution in [0.1, 0.15) is 18.6 Å². The Bertz CT molecular complexity index is 643. The summed E-state index contributed by atoms with van der Waals surface area (Å²) in [5.41, 5.74) is 0.121. The lowest BCUT2D eigenvalue weighted by Crippen LogP contribution is -1.97. The summed E-state index contributed by atoms with van der Waals surface area (Å²) in [6, 6.07) is 9.46. The summed E-state index contributed by atoms with van der Waals surface area (Å²) in [6.07, 6.45) is -0.822. The van der Waals surface area contributed by atoms with Crippen molar-refractivity contribution in [2.24, 2.45) is 0 Å². The van der Waals surface area contributed by atoms with E-state index in [4.69, 9.17) is 4.74 Å².